The van der Waals surface area contributed by atoms with E-state index < -0.39 is 9.84 Å². The summed E-state index contributed by atoms with van der Waals surface area (Å²) in [7, 11) is -3.37. The van der Waals surface area contributed by atoms with E-state index in [1.54, 1.807) is 12.1 Å². The first kappa shape index (κ1) is 13.8. The van der Waals surface area contributed by atoms with Crippen LogP contribution in [0.25, 0.3) is 0 Å². The Balaban J connectivity index is 2.18. The average molecular weight is 312 g/mol. The maximum Gasteiger partial charge on any atom is 0.226 e. The molecule has 1 N–H and O–H groups in total. The fourth-order valence-electron chi connectivity index (χ4n) is 2.74. The number of amides is 1. The minimum atomic E-state index is -3.37. The molecule has 0 aromatic heterocycles. The topological polar surface area (TPSA) is 66.5 Å². The fraction of sp³-hybridized carbons (Fsp3) is 0.462. The first-order chi connectivity index (χ1) is 9.47. The van der Waals surface area contributed by atoms with Crippen LogP contribution in [0.3, 0.4) is 0 Å². The maximum absolute atomic E-state index is 12.0. The van der Waals surface area contributed by atoms with E-state index in [4.69, 9.17) is 0 Å². The van der Waals surface area contributed by atoms with Crippen LogP contribution in [0.4, 0.5) is 11.4 Å². The number of carbonyl (C=O) groups is 1. The summed E-state index contributed by atoms with van der Waals surface area (Å²) < 4.78 is 23.8. The van der Waals surface area contributed by atoms with Crippen molar-refractivity contribution in [3.8, 4) is 0 Å². The SMILES string of the molecule is CS(=O)(=O)c1cccc2c1NC(=O)CC1CSCCN21. The molecule has 1 amide bonds. The first-order valence-electron chi connectivity index (χ1n) is 6.44. The van der Waals surface area contributed by atoms with Gasteiger partial charge in [0.05, 0.1) is 16.3 Å². The summed E-state index contributed by atoms with van der Waals surface area (Å²) in [6, 6.07) is 5.32. The van der Waals surface area contributed by atoms with Gasteiger partial charge in [-0.05, 0) is 12.1 Å². The highest BCUT2D eigenvalue weighted by molar-refractivity contribution is 7.99. The zero-order valence-electron chi connectivity index (χ0n) is 11.1. The Morgan fingerprint density at radius 3 is 2.95 bits per heavy atom. The van der Waals surface area contributed by atoms with E-state index in [0.29, 0.717) is 12.1 Å². The van der Waals surface area contributed by atoms with Crippen molar-refractivity contribution in [2.45, 2.75) is 17.4 Å². The summed E-state index contributed by atoms with van der Waals surface area (Å²) in [4.78, 5) is 14.4. The molecular formula is C13H16N2O3S2. The fourth-order valence-corrected chi connectivity index (χ4v) is 4.65. The number of fused-ring (bicyclic) bond motifs is 3. The molecule has 1 unspecified atom stereocenters. The average Bonchev–Trinajstić information content (AvgIpc) is 2.52. The van der Waals surface area contributed by atoms with Crippen LogP contribution >= 0.6 is 11.8 Å². The zero-order valence-corrected chi connectivity index (χ0v) is 12.8. The second-order valence-corrected chi connectivity index (χ2v) is 8.23. The number of sulfone groups is 1. The molecule has 0 aliphatic carbocycles. The number of nitrogens with zero attached hydrogens (tertiary/aromatic N) is 1. The number of para-hydroxylation sites is 1. The van der Waals surface area contributed by atoms with E-state index in [1.807, 2.05) is 17.8 Å². The molecule has 2 heterocycles. The van der Waals surface area contributed by atoms with Gasteiger partial charge in [-0.15, -0.1) is 0 Å². The second-order valence-electron chi connectivity index (χ2n) is 5.10. The van der Waals surface area contributed by atoms with Crippen LogP contribution in [-0.4, -0.2) is 44.7 Å². The van der Waals surface area contributed by atoms with Crippen LogP contribution in [0.1, 0.15) is 6.42 Å². The molecule has 108 valence electrons. The Kier molecular flexibility index (Phi) is 3.41. The first-order valence-corrected chi connectivity index (χ1v) is 9.49. The summed E-state index contributed by atoms with van der Waals surface area (Å²) >= 11 is 1.84. The van der Waals surface area contributed by atoms with Crippen LogP contribution in [0.2, 0.25) is 0 Å². The summed E-state index contributed by atoms with van der Waals surface area (Å²) in [5, 5.41) is 2.78. The number of hydrogen-bond acceptors (Lipinski definition) is 5. The molecule has 1 aromatic rings. The minimum absolute atomic E-state index is 0.114. The third-order valence-corrected chi connectivity index (χ3v) is 5.86. The summed E-state index contributed by atoms with van der Waals surface area (Å²) in [6.07, 6.45) is 1.58. The molecular weight excluding hydrogens is 296 g/mol. The Morgan fingerprint density at radius 1 is 1.40 bits per heavy atom. The molecule has 3 rings (SSSR count). The molecule has 7 heteroatoms. The lowest BCUT2D eigenvalue weighted by molar-refractivity contribution is -0.116. The molecule has 1 saturated heterocycles. The van der Waals surface area contributed by atoms with Gasteiger partial charge in [0.25, 0.3) is 0 Å². The van der Waals surface area contributed by atoms with Crippen LogP contribution < -0.4 is 10.2 Å². The predicted octanol–water partition coefficient (Wildman–Crippen LogP) is 1.35. The normalized spacial score (nSPS) is 22.6. The monoisotopic (exact) mass is 312 g/mol. The Morgan fingerprint density at radius 2 is 2.20 bits per heavy atom. The lowest BCUT2D eigenvalue weighted by Gasteiger charge is -2.36. The lowest BCUT2D eigenvalue weighted by Crippen LogP contribution is -2.42. The van der Waals surface area contributed by atoms with Gasteiger partial charge in [0.15, 0.2) is 9.84 Å². The molecule has 20 heavy (non-hydrogen) atoms. The van der Waals surface area contributed by atoms with Crippen molar-refractivity contribution in [1.29, 1.82) is 0 Å². The standard InChI is InChI=1S/C13H16N2O3S2/c1-20(17,18)11-4-2-3-10-13(11)14-12(16)7-9-8-19-6-5-15(9)10/h2-4,9H,5-8H2,1H3,(H,14,16). The molecule has 5 nitrogen and oxygen atoms in total. The third-order valence-electron chi connectivity index (χ3n) is 3.63. The van der Waals surface area contributed by atoms with Gasteiger partial charge in [0.2, 0.25) is 5.91 Å². The highest BCUT2D eigenvalue weighted by Gasteiger charge is 2.32. The van der Waals surface area contributed by atoms with E-state index in [2.05, 4.69) is 10.2 Å². The number of nitrogens with one attached hydrogen (secondary N) is 1. The van der Waals surface area contributed by atoms with Crippen molar-refractivity contribution < 1.29 is 13.2 Å². The smallest absolute Gasteiger partial charge is 0.226 e. The van der Waals surface area contributed by atoms with Gasteiger partial charge in [-0.25, -0.2) is 8.42 Å². The summed E-state index contributed by atoms with van der Waals surface area (Å²) in [6.45, 7) is 0.838. The van der Waals surface area contributed by atoms with Gasteiger partial charge < -0.3 is 10.2 Å². The Bertz CT molecular complexity index is 658. The summed E-state index contributed by atoms with van der Waals surface area (Å²) in [5.41, 5.74) is 1.26. The van der Waals surface area contributed by atoms with Crippen molar-refractivity contribution in [3.05, 3.63) is 18.2 Å². The van der Waals surface area contributed by atoms with Gasteiger partial charge in [-0.2, -0.15) is 11.8 Å². The third kappa shape index (κ3) is 2.40. The summed E-state index contributed by atoms with van der Waals surface area (Å²) in [5.74, 6) is 1.78. The van der Waals surface area contributed by atoms with E-state index in [0.717, 1.165) is 23.7 Å². The van der Waals surface area contributed by atoms with Gasteiger partial charge >= 0.3 is 0 Å². The molecule has 2 aliphatic heterocycles. The number of hydrogen-bond donors (Lipinski definition) is 1. The van der Waals surface area contributed by atoms with Gasteiger partial charge in [0.1, 0.15) is 0 Å². The van der Waals surface area contributed by atoms with Crippen molar-refractivity contribution in [1.82, 2.24) is 0 Å². The predicted molar refractivity (Wildman–Crippen MR) is 81.3 cm³/mol. The molecule has 0 saturated carbocycles. The van der Waals surface area contributed by atoms with Crippen molar-refractivity contribution in [3.63, 3.8) is 0 Å². The largest absolute Gasteiger partial charge is 0.365 e. The number of carbonyl (C=O) groups excluding carboxylic acids is 1. The number of anilines is 2. The highest BCUT2D eigenvalue weighted by atomic mass is 32.2. The number of rotatable bonds is 1. The van der Waals surface area contributed by atoms with Crippen molar-refractivity contribution in [2.24, 2.45) is 0 Å². The van der Waals surface area contributed by atoms with Crippen LogP contribution in [-0.2, 0) is 14.6 Å². The molecule has 0 radical (unpaired) electrons. The Labute approximate surface area is 122 Å². The quantitative estimate of drug-likeness (QED) is 0.848. The van der Waals surface area contributed by atoms with Crippen LogP contribution in [0.15, 0.2) is 23.1 Å². The maximum atomic E-state index is 12.0. The minimum Gasteiger partial charge on any atom is -0.365 e. The van der Waals surface area contributed by atoms with Crippen LogP contribution in [0.5, 0.6) is 0 Å². The van der Waals surface area contributed by atoms with Gasteiger partial charge in [0, 0.05) is 36.8 Å². The van der Waals surface area contributed by atoms with Crippen molar-refractivity contribution >= 4 is 38.9 Å². The molecule has 0 bridgehead atoms. The highest BCUT2D eigenvalue weighted by Crippen LogP contribution is 2.38. The number of benzene rings is 1. The van der Waals surface area contributed by atoms with E-state index in [-0.39, 0.29) is 16.8 Å². The molecule has 0 spiro atoms. The van der Waals surface area contributed by atoms with E-state index in [1.165, 1.54) is 6.26 Å². The van der Waals surface area contributed by atoms with Crippen molar-refractivity contribution in [2.75, 3.05) is 34.5 Å². The number of thioether (sulfide) groups is 1. The van der Waals surface area contributed by atoms with E-state index >= 15 is 0 Å². The van der Waals surface area contributed by atoms with E-state index in [9.17, 15) is 13.2 Å². The van der Waals surface area contributed by atoms with Gasteiger partial charge in [-0.3, -0.25) is 4.79 Å². The molecule has 1 fully saturated rings. The lowest BCUT2D eigenvalue weighted by atomic mass is 10.1. The Hall–Kier alpha value is -1.21. The molecule has 1 atom stereocenters. The zero-order chi connectivity index (χ0) is 14.3. The molecule has 2 aliphatic rings. The molecule has 1 aromatic carbocycles. The second kappa shape index (κ2) is 4.96. The van der Waals surface area contributed by atoms with Crippen LogP contribution in [0, 0.1) is 0 Å². The van der Waals surface area contributed by atoms with Gasteiger partial charge in [-0.1, -0.05) is 6.07 Å².